The summed E-state index contributed by atoms with van der Waals surface area (Å²) in [4.78, 5) is 24.0. The molecule has 2 unspecified atom stereocenters. The number of aliphatic hydroxyl groups excluding tert-OH is 2. The van der Waals surface area contributed by atoms with Gasteiger partial charge in [-0.25, -0.2) is 0 Å². The van der Waals surface area contributed by atoms with Crippen LogP contribution in [0.2, 0.25) is 0 Å². The summed E-state index contributed by atoms with van der Waals surface area (Å²) in [5.41, 5.74) is 0. The summed E-state index contributed by atoms with van der Waals surface area (Å²) < 4.78 is 4.64. The molecule has 0 aromatic heterocycles. The standard InChI is InChI=1S/C10H17NO5/c1-2-16-10(15)3-7(12)4-11-5-8(13)9(14)6-11/h8-9,13-14H,2-6H2,1H3. The van der Waals surface area contributed by atoms with E-state index in [1.807, 2.05) is 0 Å². The largest absolute Gasteiger partial charge is 0.466 e. The van der Waals surface area contributed by atoms with Crippen LogP contribution in [0, 0.1) is 0 Å². The van der Waals surface area contributed by atoms with Gasteiger partial charge in [0.15, 0.2) is 5.78 Å². The molecule has 0 aromatic carbocycles. The molecule has 1 aliphatic heterocycles. The number of hydrogen-bond acceptors (Lipinski definition) is 6. The Morgan fingerprint density at radius 1 is 1.31 bits per heavy atom. The molecule has 0 radical (unpaired) electrons. The Hall–Kier alpha value is -0.980. The van der Waals surface area contributed by atoms with Crippen LogP contribution in [-0.4, -0.2) is 65.3 Å². The average molecular weight is 231 g/mol. The Bertz CT molecular complexity index is 258. The van der Waals surface area contributed by atoms with E-state index in [9.17, 15) is 19.8 Å². The van der Waals surface area contributed by atoms with Crippen LogP contribution >= 0.6 is 0 Å². The lowest BCUT2D eigenvalue weighted by Gasteiger charge is -2.12. The summed E-state index contributed by atoms with van der Waals surface area (Å²) in [6, 6.07) is 0. The fourth-order valence-corrected chi connectivity index (χ4v) is 1.65. The van der Waals surface area contributed by atoms with Gasteiger partial charge in [-0.2, -0.15) is 0 Å². The molecule has 2 atom stereocenters. The number of β-amino-alcohol motifs (C(OH)–C–C–N with tert-alkyl or cyclic N) is 2. The summed E-state index contributed by atoms with van der Waals surface area (Å²) in [6.07, 6.45) is -1.87. The first-order valence-electron chi connectivity index (χ1n) is 5.28. The van der Waals surface area contributed by atoms with Crippen molar-refractivity contribution < 1.29 is 24.5 Å². The number of nitrogens with zero attached hydrogens (tertiary/aromatic N) is 1. The zero-order chi connectivity index (χ0) is 12.1. The zero-order valence-corrected chi connectivity index (χ0v) is 9.26. The van der Waals surface area contributed by atoms with E-state index in [0.717, 1.165) is 0 Å². The Kier molecular flexibility index (Phi) is 4.85. The van der Waals surface area contributed by atoms with Crippen molar-refractivity contribution in [2.45, 2.75) is 25.6 Å². The lowest BCUT2D eigenvalue weighted by molar-refractivity contribution is -0.145. The average Bonchev–Trinajstić information content (AvgIpc) is 2.45. The van der Waals surface area contributed by atoms with Crippen LogP contribution < -0.4 is 0 Å². The molecule has 1 saturated heterocycles. The second kappa shape index (κ2) is 5.93. The normalized spacial score (nSPS) is 25.7. The molecule has 1 heterocycles. The van der Waals surface area contributed by atoms with Crippen LogP contribution in [0.3, 0.4) is 0 Å². The van der Waals surface area contributed by atoms with Gasteiger partial charge in [0.05, 0.1) is 25.4 Å². The minimum absolute atomic E-state index is 0.0624. The summed E-state index contributed by atoms with van der Waals surface area (Å²) >= 11 is 0. The SMILES string of the molecule is CCOC(=O)CC(=O)CN1CC(O)C(O)C1. The molecular formula is C10H17NO5. The number of aliphatic hydroxyl groups is 2. The molecule has 0 saturated carbocycles. The molecule has 0 bridgehead atoms. The predicted molar refractivity (Wildman–Crippen MR) is 54.7 cm³/mol. The highest BCUT2D eigenvalue weighted by atomic mass is 16.5. The molecule has 1 rings (SSSR count). The fraction of sp³-hybridized carbons (Fsp3) is 0.800. The third-order valence-electron chi connectivity index (χ3n) is 2.38. The molecule has 2 N–H and O–H groups in total. The summed E-state index contributed by atoms with van der Waals surface area (Å²) in [5, 5.41) is 18.5. The Labute approximate surface area is 93.8 Å². The molecule has 0 aliphatic carbocycles. The van der Waals surface area contributed by atoms with Crippen LogP contribution in [0.5, 0.6) is 0 Å². The van der Waals surface area contributed by atoms with Gasteiger partial charge < -0.3 is 14.9 Å². The number of carbonyl (C=O) groups excluding carboxylic acids is 2. The van der Waals surface area contributed by atoms with Gasteiger partial charge >= 0.3 is 5.97 Å². The van der Waals surface area contributed by atoms with Gasteiger partial charge in [-0.1, -0.05) is 0 Å². The molecule has 0 amide bonds. The number of carbonyl (C=O) groups is 2. The second-order valence-corrected chi connectivity index (χ2v) is 3.85. The van der Waals surface area contributed by atoms with Crippen molar-refractivity contribution >= 4 is 11.8 Å². The van der Waals surface area contributed by atoms with Gasteiger partial charge in [0.1, 0.15) is 6.42 Å². The number of ketones is 1. The van der Waals surface area contributed by atoms with E-state index in [-0.39, 0.29) is 38.4 Å². The maximum absolute atomic E-state index is 11.4. The molecule has 1 fully saturated rings. The lowest BCUT2D eigenvalue weighted by atomic mass is 10.2. The summed E-state index contributed by atoms with van der Waals surface area (Å²) in [6.45, 7) is 2.52. The van der Waals surface area contributed by atoms with Crippen LogP contribution in [0.15, 0.2) is 0 Å². The van der Waals surface area contributed by atoms with Gasteiger partial charge in [0, 0.05) is 13.1 Å². The van der Waals surface area contributed by atoms with Crippen molar-refractivity contribution in [3.05, 3.63) is 0 Å². The van der Waals surface area contributed by atoms with E-state index < -0.39 is 18.2 Å². The van der Waals surface area contributed by atoms with Gasteiger partial charge in [-0.15, -0.1) is 0 Å². The van der Waals surface area contributed by atoms with Crippen LogP contribution in [0.25, 0.3) is 0 Å². The minimum Gasteiger partial charge on any atom is -0.466 e. The molecule has 0 spiro atoms. The molecule has 16 heavy (non-hydrogen) atoms. The van der Waals surface area contributed by atoms with Gasteiger partial charge in [-0.05, 0) is 6.92 Å². The number of likely N-dealkylation sites (tertiary alicyclic amines) is 1. The first kappa shape index (κ1) is 13.1. The number of hydrogen-bond donors (Lipinski definition) is 2. The van der Waals surface area contributed by atoms with Crippen molar-refractivity contribution in [3.8, 4) is 0 Å². The first-order valence-corrected chi connectivity index (χ1v) is 5.28. The van der Waals surface area contributed by atoms with Crippen molar-refractivity contribution in [3.63, 3.8) is 0 Å². The molecule has 1 aliphatic rings. The van der Waals surface area contributed by atoms with Gasteiger partial charge in [-0.3, -0.25) is 14.5 Å². The number of rotatable bonds is 5. The smallest absolute Gasteiger partial charge is 0.313 e. The molecule has 6 heteroatoms. The molecule has 0 aromatic rings. The van der Waals surface area contributed by atoms with Gasteiger partial charge in [0.25, 0.3) is 0 Å². The fourth-order valence-electron chi connectivity index (χ4n) is 1.65. The monoisotopic (exact) mass is 231 g/mol. The Morgan fingerprint density at radius 3 is 2.38 bits per heavy atom. The minimum atomic E-state index is -0.810. The van der Waals surface area contributed by atoms with E-state index >= 15 is 0 Å². The van der Waals surface area contributed by atoms with Crippen molar-refractivity contribution in [2.75, 3.05) is 26.2 Å². The van der Waals surface area contributed by atoms with Crippen LogP contribution in [0.1, 0.15) is 13.3 Å². The summed E-state index contributed by atoms with van der Waals surface area (Å²) in [7, 11) is 0. The third-order valence-corrected chi connectivity index (χ3v) is 2.38. The maximum Gasteiger partial charge on any atom is 0.313 e. The molecule has 92 valence electrons. The third kappa shape index (κ3) is 3.88. The number of ether oxygens (including phenoxy) is 1. The van der Waals surface area contributed by atoms with Crippen LogP contribution in [-0.2, 0) is 14.3 Å². The molecule has 6 nitrogen and oxygen atoms in total. The van der Waals surface area contributed by atoms with E-state index in [2.05, 4.69) is 4.74 Å². The maximum atomic E-state index is 11.4. The lowest BCUT2D eigenvalue weighted by Crippen LogP contribution is -2.30. The first-order chi connectivity index (χ1) is 7.52. The van der Waals surface area contributed by atoms with Crippen molar-refractivity contribution in [1.82, 2.24) is 4.90 Å². The van der Waals surface area contributed by atoms with E-state index in [4.69, 9.17) is 0 Å². The topological polar surface area (TPSA) is 87.1 Å². The summed E-state index contributed by atoms with van der Waals surface area (Å²) in [5.74, 6) is -0.799. The van der Waals surface area contributed by atoms with Crippen LogP contribution in [0.4, 0.5) is 0 Å². The highest BCUT2D eigenvalue weighted by Gasteiger charge is 2.30. The Morgan fingerprint density at radius 2 is 1.88 bits per heavy atom. The van der Waals surface area contributed by atoms with E-state index in [1.165, 1.54) is 0 Å². The van der Waals surface area contributed by atoms with Gasteiger partial charge in [0.2, 0.25) is 0 Å². The second-order valence-electron chi connectivity index (χ2n) is 3.85. The number of esters is 1. The molecular weight excluding hydrogens is 214 g/mol. The number of Topliss-reactive ketones (excluding diaryl/α,β-unsaturated/α-hetero) is 1. The highest BCUT2D eigenvalue weighted by Crippen LogP contribution is 2.09. The quantitative estimate of drug-likeness (QED) is 0.444. The predicted octanol–water partition coefficient (Wildman–Crippen LogP) is -1.45. The van der Waals surface area contributed by atoms with E-state index in [1.54, 1.807) is 11.8 Å². The van der Waals surface area contributed by atoms with E-state index in [0.29, 0.717) is 0 Å². The zero-order valence-electron chi connectivity index (χ0n) is 9.26. The highest BCUT2D eigenvalue weighted by molar-refractivity contribution is 5.96. The van der Waals surface area contributed by atoms with Crippen molar-refractivity contribution in [2.24, 2.45) is 0 Å². The Balaban J connectivity index is 2.27. The van der Waals surface area contributed by atoms with Crippen molar-refractivity contribution in [1.29, 1.82) is 0 Å².